The quantitative estimate of drug-likeness (QED) is 0.509. The first-order valence-electron chi connectivity index (χ1n) is 10.6. The molecule has 1 aromatic rings. The zero-order valence-electron chi connectivity index (χ0n) is 18.3. The molecule has 5 heteroatoms. The SMILES string of the molecule is COc1ccc(CCCCC2CCC(CS(=O)(=O)C(C)(C)C)CC2)cc1OC. The topological polar surface area (TPSA) is 52.6 Å². The molecule has 4 nitrogen and oxygen atoms in total. The second-order valence-corrected chi connectivity index (χ2v) is 12.0. The minimum absolute atomic E-state index is 0.354. The molecule has 0 N–H and O–H groups in total. The number of unbranched alkanes of at least 4 members (excludes halogenated alkanes) is 1. The largest absolute Gasteiger partial charge is 0.493 e. The third kappa shape index (κ3) is 6.40. The van der Waals surface area contributed by atoms with Crippen LogP contribution in [-0.2, 0) is 16.3 Å². The summed E-state index contributed by atoms with van der Waals surface area (Å²) in [5, 5.41) is 0. The van der Waals surface area contributed by atoms with Crippen molar-refractivity contribution in [2.24, 2.45) is 11.8 Å². The van der Waals surface area contributed by atoms with Crippen LogP contribution in [0.15, 0.2) is 18.2 Å². The molecule has 0 aromatic heterocycles. The number of methoxy groups -OCH3 is 2. The van der Waals surface area contributed by atoms with Gasteiger partial charge in [0.1, 0.15) is 0 Å². The van der Waals surface area contributed by atoms with Crippen molar-refractivity contribution in [2.75, 3.05) is 20.0 Å². The van der Waals surface area contributed by atoms with Crippen molar-refractivity contribution in [3.8, 4) is 11.5 Å². The van der Waals surface area contributed by atoms with Crippen molar-refractivity contribution in [3.05, 3.63) is 23.8 Å². The number of aryl methyl sites for hydroxylation is 1. The molecule has 1 aromatic carbocycles. The van der Waals surface area contributed by atoms with Gasteiger partial charge in [0.05, 0.1) is 24.7 Å². The normalized spacial score (nSPS) is 20.8. The molecule has 0 spiro atoms. The van der Waals surface area contributed by atoms with Crippen molar-refractivity contribution in [1.29, 1.82) is 0 Å². The summed E-state index contributed by atoms with van der Waals surface area (Å²) < 4.78 is 34.9. The monoisotopic (exact) mass is 410 g/mol. The lowest BCUT2D eigenvalue weighted by atomic mass is 9.80. The second kappa shape index (κ2) is 10.00. The number of ether oxygens (including phenoxy) is 2. The highest BCUT2D eigenvalue weighted by atomic mass is 32.2. The molecule has 1 saturated carbocycles. The Bertz CT molecular complexity index is 711. The molecule has 28 heavy (non-hydrogen) atoms. The van der Waals surface area contributed by atoms with Gasteiger partial charge < -0.3 is 9.47 Å². The van der Waals surface area contributed by atoms with E-state index >= 15 is 0 Å². The first-order valence-corrected chi connectivity index (χ1v) is 12.2. The highest BCUT2D eigenvalue weighted by molar-refractivity contribution is 7.92. The number of benzene rings is 1. The average Bonchev–Trinajstić information content (AvgIpc) is 2.65. The predicted molar refractivity (Wildman–Crippen MR) is 116 cm³/mol. The van der Waals surface area contributed by atoms with E-state index in [-0.39, 0.29) is 0 Å². The summed E-state index contributed by atoms with van der Waals surface area (Å²) in [7, 11) is 0.332. The molecular weight excluding hydrogens is 372 g/mol. The summed E-state index contributed by atoms with van der Waals surface area (Å²) in [5.74, 6) is 3.05. The zero-order valence-corrected chi connectivity index (χ0v) is 19.1. The summed E-state index contributed by atoms with van der Waals surface area (Å²) in [4.78, 5) is 0. The van der Waals surface area contributed by atoms with Crippen LogP contribution in [0.5, 0.6) is 11.5 Å². The molecule has 0 amide bonds. The van der Waals surface area contributed by atoms with Crippen LogP contribution in [0.2, 0.25) is 0 Å². The van der Waals surface area contributed by atoms with E-state index in [1.807, 2.05) is 26.8 Å². The molecule has 1 aliphatic carbocycles. The Balaban J connectivity index is 1.69. The van der Waals surface area contributed by atoms with E-state index in [4.69, 9.17) is 9.47 Å². The van der Waals surface area contributed by atoms with Gasteiger partial charge in [-0.1, -0.05) is 31.7 Å². The summed E-state index contributed by atoms with van der Waals surface area (Å²) in [6, 6.07) is 6.16. The predicted octanol–water partition coefficient (Wildman–Crippen LogP) is 5.44. The molecule has 0 unspecified atom stereocenters. The number of sulfone groups is 1. The van der Waals surface area contributed by atoms with E-state index in [0.29, 0.717) is 11.7 Å². The van der Waals surface area contributed by atoms with Crippen LogP contribution in [0.25, 0.3) is 0 Å². The first kappa shape index (κ1) is 23.1. The fraction of sp³-hybridized carbons (Fsp3) is 0.739. The summed E-state index contributed by atoms with van der Waals surface area (Å²) in [6.45, 7) is 5.44. The minimum Gasteiger partial charge on any atom is -0.493 e. The second-order valence-electron chi connectivity index (χ2n) is 9.22. The highest BCUT2D eigenvalue weighted by Crippen LogP contribution is 2.34. The van der Waals surface area contributed by atoms with Crippen molar-refractivity contribution >= 4 is 9.84 Å². The van der Waals surface area contributed by atoms with E-state index in [1.54, 1.807) is 14.2 Å². The van der Waals surface area contributed by atoms with Crippen LogP contribution in [0.1, 0.15) is 71.3 Å². The molecule has 160 valence electrons. The van der Waals surface area contributed by atoms with Crippen molar-refractivity contribution in [1.82, 2.24) is 0 Å². The standard InChI is InChI=1S/C23H38O4S/c1-23(2,3)28(24,25)17-20-12-10-18(11-13-20)8-6-7-9-19-14-15-21(26-4)22(16-19)27-5/h14-16,18,20H,6-13,17H2,1-5H3. The van der Waals surface area contributed by atoms with Gasteiger partial charge in [-0.2, -0.15) is 0 Å². The van der Waals surface area contributed by atoms with Gasteiger partial charge in [0.25, 0.3) is 0 Å². The molecule has 0 atom stereocenters. The van der Waals surface area contributed by atoms with Crippen LogP contribution in [0, 0.1) is 11.8 Å². The maximum Gasteiger partial charge on any atom is 0.160 e. The Hall–Kier alpha value is -1.23. The van der Waals surface area contributed by atoms with E-state index in [9.17, 15) is 8.42 Å². The van der Waals surface area contributed by atoms with Crippen molar-refractivity contribution < 1.29 is 17.9 Å². The van der Waals surface area contributed by atoms with Crippen LogP contribution < -0.4 is 9.47 Å². The molecule has 0 bridgehead atoms. The number of rotatable bonds is 9. The Morgan fingerprint density at radius 3 is 2.11 bits per heavy atom. The first-order chi connectivity index (χ1) is 13.2. The van der Waals surface area contributed by atoms with Gasteiger partial charge in [-0.3, -0.25) is 0 Å². The molecule has 0 aliphatic heterocycles. The van der Waals surface area contributed by atoms with Crippen LogP contribution >= 0.6 is 0 Å². The van der Waals surface area contributed by atoms with Crippen LogP contribution in [0.3, 0.4) is 0 Å². The van der Waals surface area contributed by atoms with Gasteiger partial charge in [-0.25, -0.2) is 8.42 Å². The molecule has 0 saturated heterocycles. The smallest absolute Gasteiger partial charge is 0.160 e. The average molecular weight is 411 g/mol. The summed E-state index contributed by atoms with van der Waals surface area (Å²) in [6.07, 6.45) is 9.20. The van der Waals surface area contributed by atoms with Gasteiger partial charge in [0.15, 0.2) is 21.3 Å². The molecule has 1 aliphatic rings. The van der Waals surface area contributed by atoms with Crippen LogP contribution in [0.4, 0.5) is 0 Å². The molecule has 2 rings (SSSR count). The van der Waals surface area contributed by atoms with E-state index in [2.05, 4.69) is 12.1 Å². The van der Waals surface area contributed by atoms with E-state index in [1.165, 1.54) is 37.7 Å². The van der Waals surface area contributed by atoms with Gasteiger partial charge >= 0.3 is 0 Å². The van der Waals surface area contributed by atoms with Gasteiger partial charge in [-0.15, -0.1) is 0 Å². The Kier molecular flexibility index (Phi) is 8.23. The number of hydrogen-bond acceptors (Lipinski definition) is 4. The van der Waals surface area contributed by atoms with Crippen molar-refractivity contribution in [2.45, 2.75) is 76.9 Å². The molecular formula is C23H38O4S. The Morgan fingerprint density at radius 1 is 0.929 bits per heavy atom. The Morgan fingerprint density at radius 2 is 1.54 bits per heavy atom. The maximum atomic E-state index is 12.4. The molecule has 1 fully saturated rings. The van der Waals surface area contributed by atoms with Crippen LogP contribution in [-0.4, -0.2) is 33.1 Å². The third-order valence-corrected chi connectivity index (χ3v) is 8.91. The van der Waals surface area contributed by atoms with E-state index < -0.39 is 14.6 Å². The number of hydrogen-bond donors (Lipinski definition) is 0. The van der Waals surface area contributed by atoms with Gasteiger partial charge in [0, 0.05) is 0 Å². The van der Waals surface area contributed by atoms with Gasteiger partial charge in [-0.05, 0) is 76.0 Å². The summed E-state index contributed by atoms with van der Waals surface area (Å²) in [5.41, 5.74) is 1.29. The fourth-order valence-electron chi connectivity index (χ4n) is 4.05. The third-order valence-electron chi connectivity index (χ3n) is 6.13. The van der Waals surface area contributed by atoms with E-state index in [0.717, 1.165) is 36.7 Å². The Labute approximate surface area is 171 Å². The minimum atomic E-state index is -3.00. The molecule has 0 radical (unpaired) electrons. The maximum absolute atomic E-state index is 12.4. The fourth-order valence-corrected chi connectivity index (χ4v) is 5.50. The lowest BCUT2D eigenvalue weighted by Gasteiger charge is -2.30. The zero-order chi connectivity index (χ0) is 20.8. The highest BCUT2D eigenvalue weighted by Gasteiger charge is 2.33. The lowest BCUT2D eigenvalue weighted by molar-refractivity contribution is 0.272. The lowest BCUT2D eigenvalue weighted by Crippen LogP contribution is -2.34. The molecule has 0 heterocycles. The summed E-state index contributed by atoms with van der Waals surface area (Å²) >= 11 is 0. The van der Waals surface area contributed by atoms with Crippen molar-refractivity contribution in [3.63, 3.8) is 0 Å². The van der Waals surface area contributed by atoms with Gasteiger partial charge in [0.2, 0.25) is 0 Å².